The van der Waals surface area contributed by atoms with E-state index in [0.29, 0.717) is 43.1 Å². The Morgan fingerprint density at radius 1 is 1.19 bits per heavy atom. The summed E-state index contributed by atoms with van der Waals surface area (Å²) in [5.41, 5.74) is 2.10. The normalized spacial score (nSPS) is 15.0. The molecule has 1 aliphatic heterocycles. The molecule has 1 atom stereocenters. The summed E-state index contributed by atoms with van der Waals surface area (Å²) in [5, 5.41) is 2.88. The second-order valence-electron chi connectivity index (χ2n) is 7.50. The molecular formula is C24H28N2O5. The fourth-order valence-corrected chi connectivity index (χ4v) is 3.24. The number of fused-ring (bicyclic) bond motifs is 1. The molecule has 1 aliphatic rings. The zero-order chi connectivity index (χ0) is 22.4. The van der Waals surface area contributed by atoms with Gasteiger partial charge in [-0.15, -0.1) is 0 Å². The van der Waals surface area contributed by atoms with Gasteiger partial charge in [-0.05, 0) is 62.7 Å². The molecule has 2 aromatic carbocycles. The van der Waals surface area contributed by atoms with E-state index in [0.717, 1.165) is 17.1 Å². The van der Waals surface area contributed by atoms with Crippen molar-refractivity contribution in [3.05, 3.63) is 54.6 Å². The van der Waals surface area contributed by atoms with E-state index >= 15 is 0 Å². The Kier molecular flexibility index (Phi) is 7.18. The Bertz CT molecular complexity index is 955. The minimum atomic E-state index is -0.557. The smallest absolute Gasteiger partial charge is 0.268 e. The fourth-order valence-electron chi connectivity index (χ4n) is 3.24. The van der Waals surface area contributed by atoms with Gasteiger partial charge in [0.25, 0.3) is 5.91 Å². The monoisotopic (exact) mass is 424 g/mol. The molecular weight excluding hydrogens is 396 g/mol. The van der Waals surface area contributed by atoms with Gasteiger partial charge < -0.3 is 24.4 Å². The van der Waals surface area contributed by atoms with Crippen LogP contribution in [-0.2, 0) is 9.59 Å². The van der Waals surface area contributed by atoms with Crippen LogP contribution in [0.1, 0.15) is 26.7 Å². The molecule has 0 saturated heterocycles. The van der Waals surface area contributed by atoms with Gasteiger partial charge in [-0.1, -0.05) is 12.2 Å². The van der Waals surface area contributed by atoms with Gasteiger partial charge in [-0.3, -0.25) is 9.59 Å². The maximum absolute atomic E-state index is 12.5. The summed E-state index contributed by atoms with van der Waals surface area (Å²) < 4.78 is 16.5. The number of methoxy groups -OCH3 is 1. The molecule has 164 valence electrons. The van der Waals surface area contributed by atoms with Gasteiger partial charge >= 0.3 is 0 Å². The van der Waals surface area contributed by atoms with Crippen LogP contribution in [0.5, 0.6) is 17.2 Å². The topological polar surface area (TPSA) is 77.1 Å². The van der Waals surface area contributed by atoms with E-state index in [-0.39, 0.29) is 11.8 Å². The van der Waals surface area contributed by atoms with Crippen LogP contribution in [0.15, 0.2) is 54.6 Å². The highest BCUT2D eigenvalue weighted by atomic mass is 16.5. The van der Waals surface area contributed by atoms with E-state index in [4.69, 9.17) is 14.2 Å². The maximum atomic E-state index is 12.5. The lowest BCUT2D eigenvalue weighted by molar-refractivity contribution is -0.125. The van der Waals surface area contributed by atoms with E-state index < -0.39 is 6.10 Å². The van der Waals surface area contributed by atoms with E-state index in [1.54, 1.807) is 37.1 Å². The highest BCUT2D eigenvalue weighted by molar-refractivity contribution is 6.01. The van der Waals surface area contributed by atoms with Crippen LogP contribution >= 0.6 is 0 Å². The first-order chi connectivity index (χ1) is 14.9. The number of rotatable bonds is 9. The third-order valence-corrected chi connectivity index (χ3v) is 4.76. The molecule has 1 heterocycles. The molecule has 0 fully saturated rings. The molecule has 1 N–H and O–H groups in total. The van der Waals surface area contributed by atoms with Crippen LogP contribution in [0.3, 0.4) is 0 Å². The predicted octanol–water partition coefficient (Wildman–Crippen LogP) is 4.18. The molecule has 31 heavy (non-hydrogen) atoms. The fraction of sp³-hybridized carbons (Fsp3) is 0.333. The summed E-state index contributed by atoms with van der Waals surface area (Å²) in [5.74, 6) is 1.85. The van der Waals surface area contributed by atoms with Crippen LogP contribution < -0.4 is 24.4 Å². The first-order valence-electron chi connectivity index (χ1n) is 10.2. The molecule has 0 spiro atoms. The molecule has 7 nitrogen and oxygen atoms in total. The molecule has 0 bridgehead atoms. The van der Waals surface area contributed by atoms with Gasteiger partial charge in [0.1, 0.15) is 17.2 Å². The van der Waals surface area contributed by atoms with Crippen molar-refractivity contribution in [1.82, 2.24) is 0 Å². The number of hydrogen-bond donors (Lipinski definition) is 1. The summed E-state index contributed by atoms with van der Waals surface area (Å²) in [6, 6.07) is 12.6. The lowest BCUT2D eigenvalue weighted by atomic mass is 10.1. The van der Waals surface area contributed by atoms with Crippen molar-refractivity contribution >= 4 is 23.2 Å². The number of anilines is 2. The van der Waals surface area contributed by atoms with Crippen molar-refractivity contribution in [3.8, 4) is 17.2 Å². The van der Waals surface area contributed by atoms with Crippen molar-refractivity contribution in [1.29, 1.82) is 0 Å². The molecule has 0 saturated carbocycles. The van der Waals surface area contributed by atoms with Gasteiger partial charge in [-0.25, -0.2) is 0 Å². The van der Waals surface area contributed by atoms with Crippen LogP contribution in [0.25, 0.3) is 0 Å². The van der Waals surface area contributed by atoms with Gasteiger partial charge in [0.05, 0.1) is 19.4 Å². The lowest BCUT2D eigenvalue weighted by Crippen LogP contribution is -2.45. The largest absolute Gasteiger partial charge is 0.497 e. The molecule has 0 aromatic heterocycles. The van der Waals surface area contributed by atoms with Crippen LogP contribution in [0, 0.1) is 0 Å². The van der Waals surface area contributed by atoms with Crippen molar-refractivity contribution in [2.45, 2.75) is 32.8 Å². The Morgan fingerprint density at radius 2 is 1.90 bits per heavy atom. The summed E-state index contributed by atoms with van der Waals surface area (Å²) in [6.45, 7) is 8.32. The molecule has 0 aliphatic carbocycles. The number of nitrogens with zero attached hydrogens (tertiary/aromatic N) is 1. The molecule has 2 amide bonds. The zero-order valence-corrected chi connectivity index (χ0v) is 18.1. The van der Waals surface area contributed by atoms with Crippen LogP contribution in [0.2, 0.25) is 0 Å². The number of amides is 2. The van der Waals surface area contributed by atoms with E-state index in [9.17, 15) is 9.59 Å². The highest BCUT2D eigenvalue weighted by Crippen LogP contribution is 2.36. The summed E-state index contributed by atoms with van der Waals surface area (Å²) in [6.07, 6.45) is 0.330. The number of hydrogen-bond acceptors (Lipinski definition) is 5. The standard InChI is InChI=1S/C24H28N2O5/c1-16(2)15-26-21-14-18(7-12-22(21)31-17(3)24(26)28)25-23(27)6-5-13-30-20-10-8-19(29-4)9-11-20/h7-12,14,17H,1,5-6,13,15H2,2-4H3,(H,25,27). The maximum Gasteiger partial charge on any atom is 0.268 e. The number of carbonyl (C=O) groups excluding carboxylic acids is 2. The number of carbonyl (C=O) groups is 2. The number of nitrogens with one attached hydrogen (secondary N) is 1. The van der Waals surface area contributed by atoms with E-state index in [1.165, 1.54) is 0 Å². The summed E-state index contributed by atoms with van der Waals surface area (Å²) in [7, 11) is 1.61. The SMILES string of the molecule is C=C(C)CN1C(=O)C(C)Oc2ccc(NC(=O)CCCOc3ccc(OC)cc3)cc21. The highest BCUT2D eigenvalue weighted by Gasteiger charge is 2.31. The van der Waals surface area contributed by atoms with Gasteiger partial charge in [0, 0.05) is 18.7 Å². The first kappa shape index (κ1) is 22.2. The molecule has 3 rings (SSSR count). The molecule has 1 unspecified atom stereocenters. The quantitative estimate of drug-likeness (QED) is 0.483. The Labute approximate surface area is 182 Å². The Morgan fingerprint density at radius 3 is 2.58 bits per heavy atom. The second-order valence-corrected chi connectivity index (χ2v) is 7.50. The Hall–Kier alpha value is -3.48. The predicted molar refractivity (Wildman–Crippen MR) is 120 cm³/mol. The Balaban J connectivity index is 1.54. The lowest BCUT2D eigenvalue weighted by Gasteiger charge is -2.33. The van der Waals surface area contributed by atoms with Crippen molar-refractivity contribution in [2.75, 3.05) is 30.5 Å². The molecule has 2 aromatic rings. The first-order valence-corrected chi connectivity index (χ1v) is 10.2. The molecule has 7 heteroatoms. The minimum absolute atomic E-state index is 0.124. The van der Waals surface area contributed by atoms with E-state index in [1.807, 2.05) is 31.2 Å². The third-order valence-electron chi connectivity index (χ3n) is 4.76. The zero-order valence-electron chi connectivity index (χ0n) is 18.1. The van der Waals surface area contributed by atoms with Gasteiger partial charge in [-0.2, -0.15) is 0 Å². The van der Waals surface area contributed by atoms with Crippen molar-refractivity contribution in [3.63, 3.8) is 0 Å². The summed E-state index contributed by atoms with van der Waals surface area (Å²) >= 11 is 0. The van der Waals surface area contributed by atoms with Crippen molar-refractivity contribution < 1.29 is 23.8 Å². The second kappa shape index (κ2) is 10.0. The number of benzene rings is 2. The number of ether oxygens (including phenoxy) is 3. The average Bonchev–Trinajstić information content (AvgIpc) is 2.75. The minimum Gasteiger partial charge on any atom is -0.497 e. The van der Waals surface area contributed by atoms with Crippen molar-refractivity contribution in [2.24, 2.45) is 0 Å². The average molecular weight is 424 g/mol. The van der Waals surface area contributed by atoms with E-state index in [2.05, 4.69) is 11.9 Å². The van der Waals surface area contributed by atoms with Gasteiger partial charge in [0.15, 0.2) is 6.10 Å². The summed E-state index contributed by atoms with van der Waals surface area (Å²) in [4.78, 5) is 26.5. The van der Waals surface area contributed by atoms with Gasteiger partial charge in [0.2, 0.25) is 5.91 Å². The molecule has 0 radical (unpaired) electrons. The third kappa shape index (κ3) is 5.78. The van der Waals surface area contributed by atoms with Crippen LogP contribution in [-0.4, -0.2) is 38.2 Å². The van der Waals surface area contributed by atoms with Crippen LogP contribution in [0.4, 0.5) is 11.4 Å².